The van der Waals surface area contributed by atoms with Crippen LogP contribution in [0.15, 0.2) is 18.2 Å². The van der Waals surface area contributed by atoms with E-state index in [1.165, 1.54) is 0 Å². The minimum absolute atomic E-state index is 0.178. The zero-order chi connectivity index (χ0) is 14.4. The van der Waals surface area contributed by atoms with Crippen molar-refractivity contribution in [2.75, 3.05) is 18.0 Å². The first kappa shape index (κ1) is 15.8. The molecule has 0 aromatic heterocycles. The zero-order valence-corrected chi connectivity index (χ0v) is 12.9. The number of phenols is 1. The molecule has 108 valence electrons. The largest absolute Gasteiger partial charge is 0.508 e. The Morgan fingerprint density at radius 2 is 1.89 bits per heavy atom. The van der Waals surface area contributed by atoms with Crippen LogP contribution in [0.5, 0.6) is 5.75 Å². The lowest BCUT2D eigenvalue weighted by molar-refractivity contribution is 0.454. The smallest absolute Gasteiger partial charge is 0.122 e. The third-order valence-corrected chi connectivity index (χ3v) is 3.41. The van der Waals surface area contributed by atoms with Gasteiger partial charge in [-0.1, -0.05) is 19.9 Å². The SMILES string of the molecule is CCCN(c1ccc(C(C)NCC)c(O)c1)C(C)C. The highest BCUT2D eigenvalue weighted by molar-refractivity contribution is 5.54. The van der Waals surface area contributed by atoms with Crippen molar-refractivity contribution in [1.29, 1.82) is 0 Å². The summed E-state index contributed by atoms with van der Waals surface area (Å²) in [5, 5.41) is 13.5. The molecule has 0 spiro atoms. The molecule has 3 nitrogen and oxygen atoms in total. The summed E-state index contributed by atoms with van der Waals surface area (Å²) in [5.41, 5.74) is 2.06. The third kappa shape index (κ3) is 4.13. The van der Waals surface area contributed by atoms with E-state index >= 15 is 0 Å². The Bertz CT molecular complexity index is 390. The Morgan fingerprint density at radius 1 is 1.21 bits per heavy atom. The Morgan fingerprint density at radius 3 is 2.37 bits per heavy atom. The van der Waals surface area contributed by atoms with Gasteiger partial charge in [0.2, 0.25) is 0 Å². The molecule has 0 amide bonds. The fraction of sp³-hybridized carbons (Fsp3) is 0.625. The van der Waals surface area contributed by atoms with Gasteiger partial charge >= 0.3 is 0 Å². The molecule has 0 heterocycles. The average Bonchev–Trinajstić information content (AvgIpc) is 2.35. The number of phenolic OH excluding ortho intramolecular Hbond substituents is 1. The van der Waals surface area contributed by atoms with Crippen LogP contribution in [0.4, 0.5) is 5.69 Å². The summed E-state index contributed by atoms with van der Waals surface area (Å²) < 4.78 is 0. The molecule has 0 radical (unpaired) electrons. The number of aromatic hydroxyl groups is 1. The second-order valence-corrected chi connectivity index (χ2v) is 5.31. The van der Waals surface area contributed by atoms with Crippen molar-refractivity contribution in [2.24, 2.45) is 0 Å². The molecule has 1 unspecified atom stereocenters. The van der Waals surface area contributed by atoms with Crippen molar-refractivity contribution in [2.45, 2.75) is 53.1 Å². The van der Waals surface area contributed by atoms with Crippen molar-refractivity contribution >= 4 is 5.69 Å². The average molecular weight is 264 g/mol. The second-order valence-electron chi connectivity index (χ2n) is 5.31. The van der Waals surface area contributed by atoms with Crippen LogP contribution in [0.25, 0.3) is 0 Å². The summed E-state index contributed by atoms with van der Waals surface area (Å²) >= 11 is 0. The number of nitrogens with one attached hydrogen (secondary N) is 1. The van der Waals surface area contributed by atoms with E-state index in [0.717, 1.165) is 30.8 Å². The maximum Gasteiger partial charge on any atom is 0.122 e. The highest BCUT2D eigenvalue weighted by atomic mass is 16.3. The van der Waals surface area contributed by atoms with E-state index in [1.807, 2.05) is 12.1 Å². The van der Waals surface area contributed by atoms with Gasteiger partial charge in [-0.25, -0.2) is 0 Å². The molecule has 19 heavy (non-hydrogen) atoms. The van der Waals surface area contributed by atoms with Crippen LogP contribution in [-0.4, -0.2) is 24.2 Å². The molecule has 3 heteroatoms. The summed E-state index contributed by atoms with van der Waals surface area (Å²) in [6.07, 6.45) is 1.11. The highest BCUT2D eigenvalue weighted by Gasteiger charge is 2.14. The van der Waals surface area contributed by atoms with Crippen LogP contribution >= 0.6 is 0 Å². The van der Waals surface area contributed by atoms with Gasteiger partial charge in [0.1, 0.15) is 5.75 Å². The highest BCUT2D eigenvalue weighted by Crippen LogP contribution is 2.30. The fourth-order valence-electron chi connectivity index (χ4n) is 2.42. The van der Waals surface area contributed by atoms with Crippen LogP contribution in [-0.2, 0) is 0 Å². The van der Waals surface area contributed by atoms with Gasteiger partial charge in [0.15, 0.2) is 0 Å². The van der Waals surface area contributed by atoms with Crippen LogP contribution in [0.3, 0.4) is 0 Å². The van der Waals surface area contributed by atoms with E-state index in [1.54, 1.807) is 0 Å². The molecular formula is C16H28N2O. The summed E-state index contributed by atoms with van der Waals surface area (Å²) in [6, 6.07) is 6.65. The fourth-order valence-corrected chi connectivity index (χ4v) is 2.42. The quantitative estimate of drug-likeness (QED) is 0.788. The number of nitrogens with zero attached hydrogens (tertiary/aromatic N) is 1. The van der Waals surface area contributed by atoms with Gasteiger partial charge in [-0.15, -0.1) is 0 Å². The Balaban J connectivity index is 2.97. The summed E-state index contributed by atoms with van der Waals surface area (Å²) in [6.45, 7) is 12.6. The van der Waals surface area contributed by atoms with E-state index in [2.05, 4.69) is 50.9 Å². The molecule has 2 N–H and O–H groups in total. The summed E-state index contributed by atoms with van der Waals surface area (Å²) in [4.78, 5) is 2.32. The number of rotatable bonds is 7. The van der Waals surface area contributed by atoms with Gasteiger partial charge in [0.25, 0.3) is 0 Å². The second kappa shape index (κ2) is 7.39. The first-order valence-electron chi connectivity index (χ1n) is 7.34. The normalized spacial score (nSPS) is 12.7. The lowest BCUT2D eigenvalue weighted by Gasteiger charge is -2.29. The lowest BCUT2D eigenvalue weighted by atomic mass is 10.1. The predicted molar refractivity (Wildman–Crippen MR) is 83.0 cm³/mol. The van der Waals surface area contributed by atoms with Crippen molar-refractivity contribution < 1.29 is 5.11 Å². The molecular weight excluding hydrogens is 236 g/mol. The lowest BCUT2D eigenvalue weighted by Crippen LogP contribution is -2.31. The third-order valence-electron chi connectivity index (χ3n) is 3.41. The zero-order valence-electron chi connectivity index (χ0n) is 12.9. The summed E-state index contributed by atoms with van der Waals surface area (Å²) in [5.74, 6) is 0.382. The van der Waals surface area contributed by atoms with E-state index < -0.39 is 0 Å². The number of benzene rings is 1. The van der Waals surface area contributed by atoms with Crippen molar-refractivity contribution in [3.05, 3.63) is 23.8 Å². The summed E-state index contributed by atoms with van der Waals surface area (Å²) in [7, 11) is 0. The van der Waals surface area contributed by atoms with Crippen LogP contribution < -0.4 is 10.2 Å². The van der Waals surface area contributed by atoms with E-state index in [9.17, 15) is 5.11 Å². The van der Waals surface area contributed by atoms with Crippen molar-refractivity contribution in [3.63, 3.8) is 0 Å². The molecule has 0 saturated carbocycles. The number of anilines is 1. The molecule has 1 rings (SSSR count). The van der Waals surface area contributed by atoms with Gasteiger partial charge in [-0.3, -0.25) is 0 Å². The molecule has 0 saturated heterocycles. The molecule has 1 aromatic carbocycles. The van der Waals surface area contributed by atoms with Gasteiger partial charge in [0, 0.05) is 35.9 Å². The first-order valence-corrected chi connectivity index (χ1v) is 7.34. The first-order chi connectivity index (χ1) is 9.01. The molecule has 0 aliphatic heterocycles. The van der Waals surface area contributed by atoms with Crippen LogP contribution in [0.1, 0.15) is 52.6 Å². The molecule has 1 atom stereocenters. The van der Waals surface area contributed by atoms with Crippen molar-refractivity contribution in [3.8, 4) is 5.75 Å². The van der Waals surface area contributed by atoms with E-state index in [-0.39, 0.29) is 6.04 Å². The monoisotopic (exact) mass is 264 g/mol. The standard InChI is InChI=1S/C16H28N2O/c1-6-10-18(12(3)4)14-8-9-15(16(19)11-14)13(5)17-7-2/h8-9,11-13,17,19H,6-7,10H2,1-5H3. The maximum atomic E-state index is 10.2. The Kier molecular flexibility index (Phi) is 6.16. The van der Waals surface area contributed by atoms with Crippen LogP contribution in [0, 0.1) is 0 Å². The van der Waals surface area contributed by atoms with Gasteiger partial charge in [-0.05, 0) is 39.8 Å². The number of hydrogen-bond donors (Lipinski definition) is 2. The molecule has 1 aromatic rings. The molecule has 0 bridgehead atoms. The van der Waals surface area contributed by atoms with E-state index in [4.69, 9.17) is 0 Å². The molecule has 0 aliphatic rings. The minimum Gasteiger partial charge on any atom is -0.508 e. The van der Waals surface area contributed by atoms with Crippen molar-refractivity contribution in [1.82, 2.24) is 5.32 Å². The Labute approximate surface area is 117 Å². The van der Waals surface area contributed by atoms with Crippen LogP contribution in [0.2, 0.25) is 0 Å². The van der Waals surface area contributed by atoms with Gasteiger partial charge in [0.05, 0.1) is 0 Å². The topological polar surface area (TPSA) is 35.5 Å². The molecule has 0 aliphatic carbocycles. The minimum atomic E-state index is 0.178. The predicted octanol–water partition coefficient (Wildman–Crippen LogP) is 3.69. The van der Waals surface area contributed by atoms with Gasteiger partial charge in [-0.2, -0.15) is 0 Å². The Hall–Kier alpha value is -1.22. The van der Waals surface area contributed by atoms with E-state index in [0.29, 0.717) is 11.8 Å². The maximum absolute atomic E-state index is 10.2. The molecule has 0 fully saturated rings. The number of hydrogen-bond acceptors (Lipinski definition) is 3. The van der Waals surface area contributed by atoms with Gasteiger partial charge < -0.3 is 15.3 Å².